The first-order valence-corrected chi connectivity index (χ1v) is 8.13. The van der Waals surface area contributed by atoms with Gasteiger partial charge in [-0.05, 0) is 31.0 Å². The number of primary sulfonamides is 2. The van der Waals surface area contributed by atoms with Gasteiger partial charge in [-0.3, -0.25) is 0 Å². The fraction of sp³-hybridized carbons (Fsp3) is 0.333. The molecular formula is C9H12N2O5S2. The minimum absolute atomic E-state index is 0.0363. The summed E-state index contributed by atoms with van der Waals surface area (Å²) in [5, 5.41) is 9.95. The van der Waals surface area contributed by atoms with Crippen LogP contribution in [-0.2, 0) is 20.0 Å². The van der Waals surface area contributed by atoms with E-state index in [1.165, 1.54) is 12.1 Å². The average Bonchev–Trinajstić information content (AvgIpc) is 2.98. The molecule has 0 radical (unpaired) electrons. The lowest BCUT2D eigenvalue weighted by atomic mass is 10.3. The average molecular weight is 292 g/mol. The van der Waals surface area contributed by atoms with Crippen LogP contribution in [0, 0.1) is 0 Å². The molecule has 1 saturated carbocycles. The lowest BCUT2D eigenvalue weighted by molar-refractivity contribution is 0.295. The Morgan fingerprint density at radius 3 is 2.11 bits per heavy atom. The molecule has 0 aromatic heterocycles. The van der Waals surface area contributed by atoms with Crippen molar-refractivity contribution >= 4 is 20.0 Å². The van der Waals surface area contributed by atoms with Gasteiger partial charge in [0.1, 0.15) is 10.6 Å². The van der Waals surface area contributed by atoms with E-state index in [9.17, 15) is 16.8 Å². The van der Waals surface area contributed by atoms with Gasteiger partial charge in [-0.25, -0.2) is 27.1 Å². The summed E-state index contributed by atoms with van der Waals surface area (Å²) in [6.07, 6.45) is 1.63. The standard InChI is InChI=1S/C9H12N2O5S2/c10-17(12,13)7-3-4-8(16-6-1-2-6)9(5-7)18(11,14)15/h3-6H,1-2H2,(H2,10,12,13)(H2,11,14,15). The van der Waals surface area contributed by atoms with Crippen LogP contribution in [0.5, 0.6) is 5.75 Å². The fourth-order valence-electron chi connectivity index (χ4n) is 1.35. The smallest absolute Gasteiger partial charge is 0.241 e. The van der Waals surface area contributed by atoms with Gasteiger partial charge in [0.05, 0.1) is 11.0 Å². The predicted molar refractivity (Wildman–Crippen MR) is 62.8 cm³/mol. The normalized spacial score (nSPS) is 16.6. The molecular weight excluding hydrogens is 280 g/mol. The van der Waals surface area contributed by atoms with Gasteiger partial charge in [-0.1, -0.05) is 0 Å². The molecule has 100 valence electrons. The van der Waals surface area contributed by atoms with Crippen LogP contribution in [0.15, 0.2) is 28.0 Å². The molecule has 0 bridgehead atoms. The molecule has 0 aliphatic heterocycles. The van der Waals surface area contributed by atoms with Crippen molar-refractivity contribution in [3.05, 3.63) is 18.2 Å². The second-order valence-corrected chi connectivity index (χ2v) is 7.11. The first-order chi connectivity index (χ1) is 8.18. The zero-order valence-corrected chi connectivity index (χ0v) is 10.9. The van der Waals surface area contributed by atoms with E-state index in [2.05, 4.69) is 0 Å². The van der Waals surface area contributed by atoms with E-state index in [0.717, 1.165) is 18.9 Å². The Kier molecular flexibility index (Phi) is 3.09. The summed E-state index contributed by atoms with van der Waals surface area (Å²) in [5.74, 6) is 0.0485. The number of nitrogens with two attached hydrogens (primary N) is 2. The van der Waals surface area contributed by atoms with E-state index in [4.69, 9.17) is 15.0 Å². The van der Waals surface area contributed by atoms with Crippen LogP contribution >= 0.6 is 0 Å². The molecule has 1 aromatic carbocycles. The van der Waals surface area contributed by atoms with Crippen LogP contribution in [0.4, 0.5) is 0 Å². The molecule has 0 spiro atoms. The number of ether oxygens (including phenoxy) is 1. The van der Waals surface area contributed by atoms with E-state index < -0.39 is 20.0 Å². The van der Waals surface area contributed by atoms with E-state index in [-0.39, 0.29) is 21.6 Å². The molecule has 18 heavy (non-hydrogen) atoms. The molecule has 7 nitrogen and oxygen atoms in total. The molecule has 4 N–H and O–H groups in total. The summed E-state index contributed by atoms with van der Waals surface area (Å²) < 4.78 is 50.5. The highest BCUT2D eigenvalue weighted by Crippen LogP contribution is 2.32. The van der Waals surface area contributed by atoms with Gasteiger partial charge in [0.2, 0.25) is 20.0 Å². The van der Waals surface area contributed by atoms with Crippen LogP contribution in [0.3, 0.4) is 0 Å². The van der Waals surface area contributed by atoms with Crippen molar-refractivity contribution in [1.29, 1.82) is 0 Å². The van der Waals surface area contributed by atoms with Crippen molar-refractivity contribution < 1.29 is 21.6 Å². The van der Waals surface area contributed by atoms with Gasteiger partial charge in [0.15, 0.2) is 0 Å². The van der Waals surface area contributed by atoms with Crippen molar-refractivity contribution in [2.45, 2.75) is 28.7 Å². The number of benzene rings is 1. The Morgan fingerprint density at radius 1 is 1.06 bits per heavy atom. The molecule has 0 amide bonds. The molecule has 0 unspecified atom stereocenters. The molecule has 0 saturated heterocycles. The Morgan fingerprint density at radius 2 is 1.67 bits per heavy atom. The van der Waals surface area contributed by atoms with Crippen molar-refractivity contribution in [3.63, 3.8) is 0 Å². The van der Waals surface area contributed by atoms with Gasteiger partial charge in [0, 0.05) is 0 Å². The first-order valence-electron chi connectivity index (χ1n) is 5.04. The highest BCUT2D eigenvalue weighted by Gasteiger charge is 2.27. The van der Waals surface area contributed by atoms with Gasteiger partial charge in [-0.2, -0.15) is 0 Å². The molecule has 1 fully saturated rings. The monoisotopic (exact) mass is 292 g/mol. The minimum Gasteiger partial charge on any atom is -0.489 e. The maximum Gasteiger partial charge on any atom is 0.241 e. The Hall–Kier alpha value is -1.16. The summed E-state index contributed by atoms with van der Waals surface area (Å²) in [6, 6.07) is 3.34. The topological polar surface area (TPSA) is 130 Å². The maximum atomic E-state index is 11.4. The third-order valence-corrected chi connectivity index (χ3v) is 4.21. The summed E-state index contributed by atoms with van der Waals surface area (Å²) in [6.45, 7) is 0. The summed E-state index contributed by atoms with van der Waals surface area (Å²) in [4.78, 5) is -0.699. The van der Waals surface area contributed by atoms with Gasteiger partial charge < -0.3 is 4.74 Å². The zero-order valence-electron chi connectivity index (χ0n) is 9.24. The van der Waals surface area contributed by atoms with Crippen LogP contribution in [0.25, 0.3) is 0 Å². The van der Waals surface area contributed by atoms with Crippen LogP contribution in [0.2, 0.25) is 0 Å². The summed E-state index contributed by atoms with van der Waals surface area (Å²) in [5.41, 5.74) is 0. The van der Waals surface area contributed by atoms with Gasteiger partial charge >= 0.3 is 0 Å². The molecule has 1 aliphatic rings. The second kappa shape index (κ2) is 4.19. The Bertz CT molecular complexity index is 677. The molecule has 9 heteroatoms. The SMILES string of the molecule is NS(=O)(=O)c1ccc(OC2CC2)c(S(N)(=O)=O)c1. The largest absolute Gasteiger partial charge is 0.489 e. The van der Waals surface area contributed by atoms with Crippen molar-refractivity contribution in [3.8, 4) is 5.75 Å². The highest BCUT2D eigenvalue weighted by molar-refractivity contribution is 7.90. The quantitative estimate of drug-likeness (QED) is 0.774. The Balaban J connectivity index is 2.54. The molecule has 0 atom stereocenters. The lowest BCUT2D eigenvalue weighted by Gasteiger charge is -2.10. The van der Waals surface area contributed by atoms with Gasteiger partial charge in [0.25, 0.3) is 0 Å². The van der Waals surface area contributed by atoms with Crippen LogP contribution in [-0.4, -0.2) is 22.9 Å². The molecule has 0 heterocycles. The number of hydrogen-bond acceptors (Lipinski definition) is 5. The van der Waals surface area contributed by atoms with E-state index in [0.29, 0.717) is 0 Å². The predicted octanol–water partition coefficient (Wildman–Crippen LogP) is -0.477. The third-order valence-electron chi connectivity index (χ3n) is 2.37. The number of rotatable bonds is 4. The van der Waals surface area contributed by atoms with E-state index >= 15 is 0 Å². The minimum atomic E-state index is -4.08. The molecule has 1 aromatic rings. The fourth-order valence-corrected chi connectivity index (χ4v) is 2.65. The maximum absolute atomic E-state index is 11.4. The number of hydrogen-bond donors (Lipinski definition) is 2. The molecule has 1 aliphatic carbocycles. The lowest BCUT2D eigenvalue weighted by Crippen LogP contribution is -2.17. The Labute approximate surface area is 105 Å². The summed E-state index contributed by atoms with van der Waals surface area (Å²) in [7, 11) is -8.07. The summed E-state index contributed by atoms with van der Waals surface area (Å²) >= 11 is 0. The highest BCUT2D eigenvalue weighted by atomic mass is 32.2. The second-order valence-electron chi connectivity index (χ2n) is 4.02. The zero-order chi connectivity index (χ0) is 13.6. The van der Waals surface area contributed by atoms with Gasteiger partial charge in [-0.15, -0.1) is 0 Å². The van der Waals surface area contributed by atoms with Crippen molar-refractivity contribution in [2.24, 2.45) is 10.3 Å². The van der Waals surface area contributed by atoms with Crippen LogP contribution in [0.1, 0.15) is 12.8 Å². The number of sulfonamides is 2. The first kappa shape index (κ1) is 13.3. The molecule has 2 rings (SSSR count). The van der Waals surface area contributed by atoms with E-state index in [1.54, 1.807) is 0 Å². The van der Waals surface area contributed by atoms with Crippen LogP contribution < -0.4 is 15.0 Å². The van der Waals surface area contributed by atoms with Crippen molar-refractivity contribution in [2.75, 3.05) is 0 Å². The van der Waals surface area contributed by atoms with Crippen molar-refractivity contribution in [1.82, 2.24) is 0 Å². The third kappa shape index (κ3) is 2.99. The van der Waals surface area contributed by atoms with E-state index in [1.807, 2.05) is 0 Å².